The van der Waals surface area contributed by atoms with Crippen molar-refractivity contribution in [2.45, 2.75) is 18.4 Å². The molecule has 0 bridgehead atoms. The predicted molar refractivity (Wildman–Crippen MR) is 139 cm³/mol. The van der Waals surface area contributed by atoms with Gasteiger partial charge in [0.15, 0.2) is 6.61 Å². The number of benzene rings is 3. The third-order valence-electron chi connectivity index (χ3n) is 4.57. The second-order valence-corrected chi connectivity index (χ2v) is 8.99. The highest BCUT2D eigenvalue weighted by atomic mass is 35.5. The average molecular weight is 543 g/mol. The molecule has 0 aliphatic rings. The molecule has 0 aliphatic carbocycles. The summed E-state index contributed by atoms with van der Waals surface area (Å²) in [6.45, 7) is 0.454. The van der Waals surface area contributed by atoms with Gasteiger partial charge in [0.1, 0.15) is 18.1 Å². The van der Waals surface area contributed by atoms with Crippen molar-refractivity contribution < 1.29 is 18.7 Å². The van der Waals surface area contributed by atoms with Gasteiger partial charge in [-0.3, -0.25) is 4.79 Å². The molecule has 0 unspecified atom stereocenters. The molecule has 0 spiro atoms. The molecule has 0 fully saturated rings. The van der Waals surface area contributed by atoms with Crippen molar-refractivity contribution in [1.82, 2.24) is 15.6 Å². The molecule has 36 heavy (non-hydrogen) atoms. The minimum atomic E-state index is -0.331. The van der Waals surface area contributed by atoms with Gasteiger partial charge in [-0.25, -0.2) is 5.43 Å². The van der Waals surface area contributed by atoms with Gasteiger partial charge in [-0.1, -0.05) is 77.4 Å². The Balaban J connectivity index is 1.22. The monoisotopic (exact) mass is 542 g/mol. The van der Waals surface area contributed by atoms with E-state index in [1.807, 2.05) is 54.6 Å². The summed E-state index contributed by atoms with van der Waals surface area (Å²) in [6, 6.07) is 22.2. The molecule has 1 heterocycles. The average Bonchev–Trinajstić information content (AvgIpc) is 3.35. The van der Waals surface area contributed by atoms with Gasteiger partial charge in [0.2, 0.25) is 0 Å². The fourth-order valence-corrected chi connectivity index (χ4v) is 3.91. The number of carbonyl (C=O) groups excluding carboxylic acids is 1. The minimum absolute atomic E-state index is 0.0250. The number of nitrogens with one attached hydrogen (secondary N) is 1. The summed E-state index contributed by atoms with van der Waals surface area (Å²) in [5, 5.41) is 12.9. The predicted octanol–water partition coefficient (Wildman–Crippen LogP) is 5.78. The van der Waals surface area contributed by atoms with E-state index in [-0.39, 0.29) is 29.4 Å². The fraction of sp³-hybridized carbons (Fsp3) is 0.120. The quantitative estimate of drug-likeness (QED) is 0.146. The van der Waals surface area contributed by atoms with Gasteiger partial charge < -0.3 is 13.9 Å². The van der Waals surface area contributed by atoms with E-state index in [1.165, 1.54) is 6.21 Å². The van der Waals surface area contributed by atoms with E-state index in [0.717, 1.165) is 22.9 Å². The highest BCUT2D eigenvalue weighted by molar-refractivity contribution is 7.99. The molecule has 0 atom stereocenters. The zero-order chi connectivity index (χ0) is 25.2. The van der Waals surface area contributed by atoms with E-state index in [4.69, 9.17) is 37.1 Å². The van der Waals surface area contributed by atoms with Gasteiger partial charge in [-0.15, -0.1) is 10.2 Å². The summed E-state index contributed by atoms with van der Waals surface area (Å²) in [5.41, 5.74) is 4.28. The third kappa shape index (κ3) is 7.74. The summed E-state index contributed by atoms with van der Waals surface area (Å²) in [7, 11) is 0. The van der Waals surface area contributed by atoms with E-state index < -0.39 is 0 Å². The molecule has 4 rings (SSSR count). The highest BCUT2D eigenvalue weighted by Gasteiger charge is 2.11. The molecule has 0 saturated carbocycles. The number of thioether (sulfide) groups is 1. The van der Waals surface area contributed by atoms with Gasteiger partial charge >= 0.3 is 0 Å². The summed E-state index contributed by atoms with van der Waals surface area (Å²) in [4.78, 5) is 12.2. The van der Waals surface area contributed by atoms with Crippen molar-refractivity contribution in [2.24, 2.45) is 5.10 Å². The molecule has 1 N–H and O–H groups in total. The number of hydrogen-bond acceptors (Lipinski definition) is 8. The van der Waals surface area contributed by atoms with E-state index in [9.17, 15) is 4.79 Å². The number of ether oxygens (including phenoxy) is 2. The van der Waals surface area contributed by atoms with Crippen LogP contribution in [0.15, 0.2) is 87.5 Å². The van der Waals surface area contributed by atoms with Crippen LogP contribution in [0.4, 0.5) is 0 Å². The molecule has 1 aromatic heterocycles. The Morgan fingerprint density at radius 2 is 1.75 bits per heavy atom. The van der Waals surface area contributed by atoms with Gasteiger partial charge in [0, 0.05) is 10.6 Å². The zero-order valence-electron chi connectivity index (χ0n) is 18.8. The Labute approximate surface area is 221 Å². The Bertz CT molecular complexity index is 1330. The molecular weight excluding hydrogens is 523 g/mol. The topological polar surface area (TPSA) is 98.8 Å². The number of amides is 1. The molecule has 3 aromatic carbocycles. The van der Waals surface area contributed by atoms with Crippen LogP contribution in [0.25, 0.3) is 0 Å². The molecule has 0 radical (unpaired) electrons. The van der Waals surface area contributed by atoms with Gasteiger partial charge in [-0.05, 0) is 35.9 Å². The number of hydrogen-bond donors (Lipinski definition) is 1. The molecule has 0 saturated heterocycles. The van der Waals surface area contributed by atoms with Crippen LogP contribution in [-0.2, 0) is 18.0 Å². The first-order valence-electron chi connectivity index (χ1n) is 10.7. The van der Waals surface area contributed by atoms with Crippen LogP contribution >= 0.6 is 35.0 Å². The minimum Gasteiger partial charge on any atom is -0.488 e. The van der Waals surface area contributed by atoms with Crippen molar-refractivity contribution >= 4 is 47.1 Å². The largest absolute Gasteiger partial charge is 0.488 e. The maximum atomic E-state index is 12.2. The van der Waals surface area contributed by atoms with Crippen LogP contribution in [0.1, 0.15) is 17.0 Å². The van der Waals surface area contributed by atoms with E-state index >= 15 is 0 Å². The summed E-state index contributed by atoms with van der Waals surface area (Å²) < 4.78 is 16.9. The van der Waals surface area contributed by atoms with E-state index in [0.29, 0.717) is 28.2 Å². The Hall–Kier alpha value is -3.53. The van der Waals surface area contributed by atoms with Gasteiger partial charge in [0.25, 0.3) is 17.0 Å². The lowest BCUT2D eigenvalue weighted by atomic mass is 10.2. The first kappa shape index (κ1) is 25.6. The number of rotatable bonds is 11. The van der Waals surface area contributed by atoms with Crippen LogP contribution in [0, 0.1) is 0 Å². The van der Waals surface area contributed by atoms with Crippen molar-refractivity contribution in [3.8, 4) is 11.5 Å². The standard InChI is InChI=1S/C25H20Cl2N4O4S/c26-19-10-11-22(20(27)12-19)34-15-24-30-31-25(35-24)36-16-23(32)29-28-13-18-8-4-5-9-21(18)33-14-17-6-2-1-3-7-17/h1-13H,14-16H2,(H,29,32)/b28-13-. The lowest BCUT2D eigenvalue weighted by Gasteiger charge is -2.08. The van der Waals surface area contributed by atoms with Crippen molar-refractivity contribution in [3.63, 3.8) is 0 Å². The Morgan fingerprint density at radius 3 is 2.58 bits per heavy atom. The molecule has 8 nitrogen and oxygen atoms in total. The van der Waals surface area contributed by atoms with Crippen LogP contribution in [-0.4, -0.2) is 28.1 Å². The van der Waals surface area contributed by atoms with Gasteiger partial charge in [-0.2, -0.15) is 5.10 Å². The maximum absolute atomic E-state index is 12.2. The van der Waals surface area contributed by atoms with Crippen LogP contribution in [0.2, 0.25) is 10.0 Å². The van der Waals surface area contributed by atoms with Crippen LogP contribution in [0.5, 0.6) is 11.5 Å². The SMILES string of the molecule is O=C(CSc1nnc(COc2ccc(Cl)cc2Cl)o1)N/N=C\c1ccccc1OCc1ccccc1. The smallest absolute Gasteiger partial charge is 0.277 e. The van der Waals surface area contributed by atoms with E-state index in [2.05, 4.69) is 20.7 Å². The number of carbonyl (C=O) groups is 1. The van der Waals surface area contributed by atoms with Crippen LogP contribution in [0.3, 0.4) is 0 Å². The Morgan fingerprint density at radius 1 is 0.972 bits per heavy atom. The third-order valence-corrected chi connectivity index (χ3v) is 5.92. The van der Waals surface area contributed by atoms with Crippen molar-refractivity contribution in [2.75, 3.05) is 5.75 Å². The number of aromatic nitrogens is 2. The highest BCUT2D eigenvalue weighted by Crippen LogP contribution is 2.28. The second-order valence-electron chi connectivity index (χ2n) is 7.22. The number of para-hydroxylation sites is 1. The first-order chi connectivity index (χ1) is 17.6. The normalized spacial score (nSPS) is 10.9. The molecule has 0 aliphatic heterocycles. The maximum Gasteiger partial charge on any atom is 0.277 e. The van der Waals surface area contributed by atoms with E-state index in [1.54, 1.807) is 18.2 Å². The van der Waals surface area contributed by atoms with Crippen molar-refractivity contribution in [3.05, 3.63) is 99.9 Å². The number of hydrazone groups is 1. The number of nitrogens with zero attached hydrogens (tertiary/aromatic N) is 3. The molecule has 4 aromatic rings. The lowest BCUT2D eigenvalue weighted by Crippen LogP contribution is -2.19. The summed E-state index contributed by atoms with van der Waals surface area (Å²) >= 11 is 13.0. The first-order valence-corrected chi connectivity index (χ1v) is 12.4. The summed E-state index contributed by atoms with van der Waals surface area (Å²) in [6.07, 6.45) is 1.53. The molecule has 1 amide bonds. The second kappa shape index (κ2) is 13.0. The number of halogens is 2. The zero-order valence-corrected chi connectivity index (χ0v) is 21.1. The molecule has 184 valence electrons. The van der Waals surface area contributed by atoms with Gasteiger partial charge in [0.05, 0.1) is 17.0 Å². The lowest BCUT2D eigenvalue weighted by molar-refractivity contribution is -0.118. The van der Waals surface area contributed by atoms with Crippen LogP contribution < -0.4 is 14.9 Å². The van der Waals surface area contributed by atoms with Crippen molar-refractivity contribution in [1.29, 1.82) is 0 Å². The summed E-state index contributed by atoms with van der Waals surface area (Å²) in [5.74, 6) is 1.05. The fourth-order valence-electron chi connectivity index (χ4n) is 2.87. The molecular formula is C25H20Cl2N4O4S. The Kier molecular flexibility index (Phi) is 9.21. The molecule has 11 heteroatoms.